The first-order chi connectivity index (χ1) is 11.2. The maximum absolute atomic E-state index is 13.8. The van der Waals surface area contributed by atoms with E-state index in [9.17, 15) is 17.6 Å². The van der Waals surface area contributed by atoms with E-state index in [1.54, 1.807) is 12.5 Å². The molecule has 0 aliphatic heterocycles. The predicted octanol–water partition coefficient (Wildman–Crippen LogP) is 1.26. The Labute approximate surface area is 139 Å². The molecule has 1 aromatic carbocycles. The van der Waals surface area contributed by atoms with Crippen molar-refractivity contribution in [3.8, 4) is 0 Å². The van der Waals surface area contributed by atoms with Crippen LogP contribution in [0.4, 0.5) is 4.39 Å². The first kappa shape index (κ1) is 18.1. The lowest BCUT2D eigenvalue weighted by atomic mass is 10.2. The van der Waals surface area contributed by atoms with Gasteiger partial charge in [0, 0.05) is 12.7 Å². The van der Waals surface area contributed by atoms with Crippen molar-refractivity contribution in [1.82, 2.24) is 14.9 Å². The van der Waals surface area contributed by atoms with Crippen LogP contribution in [-0.4, -0.2) is 23.9 Å². The van der Waals surface area contributed by atoms with Crippen molar-refractivity contribution in [1.29, 1.82) is 0 Å². The fraction of sp³-hybridized carbons (Fsp3) is 0.333. The minimum atomic E-state index is -4.01. The van der Waals surface area contributed by atoms with E-state index in [1.807, 2.05) is 4.57 Å². The lowest BCUT2D eigenvalue weighted by Gasteiger charge is -2.12. The molecule has 7 nitrogen and oxygen atoms in total. The van der Waals surface area contributed by atoms with Gasteiger partial charge < -0.3 is 9.88 Å². The van der Waals surface area contributed by atoms with E-state index in [0.29, 0.717) is 5.92 Å². The number of halogens is 1. The SMILES string of the molecule is CC(C)Cn1cncc1CNC(=O)c1cc(S(N)(=O)=O)ccc1F. The van der Waals surface area contributed by atoms with Crippen LogP contribution < -0.4 is 10.5 Å². The number of imidazole rings is 1. The van der Waals surface area contributed by atoms with Gasteiger partial charge in [0.05, 0.1) is 29.0 Å². The molecule has 2 rings (SSSR count). The van der Waals surface area contributed by atoms with Crippen molar-refractivity contribution in [2.24, 2.45) is 11.1 Å². The van der Waals surface area contributed by atoms with E-state index < -0.39 is 21.7 Å². The van der Waals surface area contributed by atoms with Crippen molar-refractivity contribution in [3.63, 3.8) is 0 Å². The predicted molar refractivity (Wildman–Crippen MR) is 86.0 cm³/mol. The lowest BCUT2D eigenvalue weighted by Crippen LogP contribution is -2.26. The van der Waals surface area contributed by atoms with Crippen LogP contribution in [0.5, 0.6) is 0 Å². The maximum Gasteiger partial charge on any atom is 0.254 e. The van der Waals surface area contributed by atoms with Gasteiger partial charge in [-0.1, -0.05) is 13.8 Å². The highest BCUT2D eigenvalue weighted by molar-refractivity contribution is 7.89. The minimum absolute atomic E-state index is 0.143. The molecule has 1 amide bonds. The minimum Gasteiger partial charge on any atom is -0.346 e. The zero-order valence-corrected chi connectivity index (χ0v) is 14.2. The normalized spacial score (nSPS) is 11.7. The van der Waals surface area contributed by atoms with Crippen LogP contribution in [0.15, 0.2) is 35.6 Å². The van der Waals surface area contributed by atoms with Crippen molar-refractivity contribution in [2.75, 3.05) is 0 Å². The second-order valence-corrected chi connectivity index (χ2v) is 7.36. The van der Waals surface area contributed by atoms with Gasteiger partial charge in [-0.2, -0.15) is 0 Å². The van der Waals surface area contributed by atoms with Gasteiger partial charge >= 0.3 is 0 Å². The molecule has 9 heteroatoms. The molecule has 0 spiro atoms. The summed E-state index contributed by atoms with van der Waals surface area (Å²) in [6, 6.07) is 2.84. The smallest absolute Gasteiger partial charge is 0.254 e. The summed E-state index contributed by atoms with van der Waals surface area (Å²) in [7, 11) is -4.01. The Morgan fingerprint density at radius 1 is 1.42 bits per heavy atom. The fourth-order valence-electron chi connectivity index (χ4n) is 2.17. The van der Waals surface area contributed by atoms with Crippen LogP contribution in [-0.2, 0) is 23.1 Å². The molecule has 0 atom stereocenters. The summed E-state index contributed by atoms with van der Waals surface area (Å²) in [6.45, 7) is 4.98. The number of hydrogen-bond donors (Lipinski definition) is 2. The van der Waals surface area contributed by atoms with Crippen LogP contribution in [0.1, 0.15) is 29.9 Å². The van der Waals surface area contributed by atoms with E-state index in [1.165, 1.54) is 0 Å². The lowest BCUT2D eigenvalue weighted by molar-refractivity contribution is 0.0945. The Kier molecular flexibility index (Phi) is 5.35. The number of nitrogens with two attached hydrogens (primary N) is 1. The van der Waals surface area contributed by atoms with Gasteiger partial charge in [-0.15, -0.1) is 0 Å². The van der Waals surface area contributed by atoms with Gasteiger partial charge in [0.1, 0.15) is 5.82 Å². The zero-order valence-electron chi connectivity index (χ0n) is 13.4. The average molecular weight is 354 g/mol. The Morgan fingerprint density at radius 2 is 2.12 bits per heavy atom. The van der Waals surface area contributed by atoms with Crippen molar-refractivity contribution < 1.29 is 17.6 Å². The van der Waals surface area contributed by atoms with Gasteiger partial charge in [0.2, 0.25) is 10.0 Å². The van der Waals surface area contributed by atoms with Gasteiger partial charge in [0.15, 0.2) is 0 Å². The molecule has 0 aliphatic rings. The van der Waals surface area contributed by atoms with Crippen LogP contribution >= 0.6 is 0 Å². The highest BCUT2D eigenvalue weighted by Gasteiger charge is 2.17. The number of primary sulfonamides is 1. The highest BCUT2D eigenvalue weighted by Crippen LogP contribution is 2.14. The number of nitrogens with zero attached hydrogens (tertiary/aromatic N) is 2. The second-order valence-electron chi connectivity index (χ2n) is 5.80. The molecule has 0 aliphatic carbocycles. The van der Waals surface area contributed by atoms with Gasteiger partial charge in [-0.25, -0.2) is 22.9 Å². The molecule has 1 heterocycles. The number of nitrogens with one attached hydrogen (secondary N) is 1. The third-order valence-corrected chi connectivity index (χ3v) is 4.21. The number of rotatable bonds is 6. The van der Waals surface area contributed by atoms with Crippen LogP contribution in [0.25, 0.3) is 0 Å². The molecule has 0 unspecified atom stereocenters. The van der Waals surface area contributed by atoms with Crippen LogP contribution in [0.2, 0.25) is 0 Å². The van der Waals surface area contributed by atoms with Crippen molar-refractivity contribution >= 4 is 15.9 Å². The maximum atomic E-state index is 13.8. The summed E-state index contributed by atoms with van der Waals surface area (Å²) in [4.78, 5) is 15.9. The molecule has 0 saturated carbocycles. The van der Waals surface area contributed by atoms with Crippen molar-refractivity contribution in [3.05, 3.63) is 47.8 Å². The van der Waals surface area contributed by atoms with Crippen LogP contribution in [0.3, 0.4) is 0 Å². The van der Waals surface area contributed by atoms with Crippen molar-refractivity contribution in [2.45, 2.75) is 31.8 Å². The molecule has 130 valence electrons. The Balaban J connectivity index is 2.15. The van der Waals surface area contributed by atoms with E-state index >= 15 is 0 Å². The molecular formula is C15H19FN4O3S. The van der Waals surface area contributed by atoms with E-state index in [-0.39, 0.29) is 17.0 Å². The zero-order chi connectivity index (χ0) is 17.9. The Bertz CT molecular complexity index is 846. The van der Waals surface area contributed by atoms with E-state index in [4.69, 9.17) is 5.14 Å². The average Bonchev–Trinajstić information content (AvgIpc) is 2.90. The van der Waals surface area contributed by atoms with E-state index in [2.05, 4.69) is 24.1 Å². The summed E-state index contributed by atoms with van der Waals surface area (Å²) >= 11 is 0. The molecule has 0 bridgehead atoms. The molecule has 3 N–H and O–H groups in total. The molecule has 1 aromatic heterocycles. The summed E-state index contributed by atoms with van der Waals surface area (Å²) in [5.41, 5.74) is 0.386. The summed E-state index contributed by atoms with van der Waals surface area (Å²) < 4.78 is 38.3. The third kappa shape index (κ3) is 4.39. The number of carbonyl (C=O) groups excluding carboxylic acids is 1. The Hall–Kier alpha value is -2.26. The molecule has 0 radical (unpaired) electrons. The second kappa shape index (κ2) is 7.10. The summed E-state index contributed by atoms with van der Waals surface area (Å²) in [5.74, 6) is -1.15. The number of sulfonamides is 1. The van der Waals surface area contributed by atoms with Gasteiger partial charge in [0.25, 0.3) is 5.91 Å². The Morgan fingerprint density at radius 3 is 2.75 bits per heavy atom. The van der Waals surface area contributed by atoms with E-state index in [0.717, 1.165) is 30.4 Å². The fourth-order valence-corrected chi connectivity index (χ4v) is 2.71. The quantitative estimate of drug-likeness (QED) is 0.814. The monoisotopic (exact) mass is 354 g/mol. The standard InChI is InChI=1S/C15H19FN4O3S/c1-10(2)8-20-9-18-6-11(20)7-19-15(21)13-5-12(24(17,22)23)3-4-14(13)16/h3-6,9-10H,7-8H2,1-2H3,(H,19,21)(H2,17,22,23). The highest BCUT2D eigenvalue weighted by atomic mass is 32.2. The summed E-state index contributed by atoms with van der Waals surface area (Å²) in [6.07, 6.45) is 3.27. The molecular weight excluding hydrogens is 335 g/mol. The molecule has 2 aromatic rings. The van der Waals surface area contributed by atoms with Gasteiger partial charge in [-0.3, -0.25) is 4.79 Å². The number of benzene rings is 1. The summed E-state index contributed by atoms with van der Waals surface area (Å²) in [5, 5.41) is 7.56. The topological polar surface area (TPSA) is 107 Å². The number of carbonyl (C=O) groups is 1. The molecule has 24 heavy (non-hydrogen) atoms. The number of hydrogen-bond acceptors (Lipinski definition) is 4. The van der Waals surface area contributed by atoms with Crippen LogP contribution in [0, 0.1) is 11.7 Å². The molecule has 0 fully saturated rings. The first-order valence-corrected chi connectivity index (χ1v) is 8.82. The van der Waals surface area contributed by atoms with Gasteiger partial charge in [-0.05, 0) is 24.1 Å². The number of amides is 1. The molecule has 0 saturated heterocycles. The third-order valence-electron chi connectivity index (χ3n) is 3.30. The first-order valence-electron chi connectivity index (χ1n) is 7.28. The number of aromatic nitrogens is 2. The largest absolute Gasteiger partial charge is 0.346 e.